The van der Waals surface area contributed by atoms with Gasteiger partial charge in [-0.2, -0.15) is 5.26 Å². The molecule has 0 aliphatic carbocycles. The Hall–Kier alpha value is -13.3. The first-order valence-electron chi connectivity index (χ1n) is 49.8. The minimum absolute atomic E-state index is 0.0272. The predicted molar refractivity (Wildman–Crippen MR) is 582 cm³/mol. The number of alkyl halides is 2. The molecule has 3 amide bonds. The third-order valence-corrected chi connectivity index (χ3v) is 25.6. The van der Waals surface area contributed by atoms with Crippen molar-refractivity contribution in [1.82, 2.24) is 87.1 Å². The van der Waals surface area contributed by atoms with Crippen LogP contribution >= 0.6 is 34.8 Å². The van der Waals surface area contributed by atoms with Gasteiger partial charge in [0.2, 0.25) is 17.7 Å². The lowest BCUT2D eigenvalue weighted by Crippen LogP contribution is -2.58. The monoisotopic (exact) mass is 2070 g/mol. The van der Waals surface area contributed by atoms with Crippen LogP contribution in [0.2, 0.25) is 15.1 Å². The molecule has 0 unspecified atom stereocenters. The topological polar surface area (TPSA) is 285 Å². The first-order valence-corrected chi connectivity index (χ1v) is 50.9. The van der Waals surface area contributed by atoms with Crippen LogP contribution < -0.4 is 20.6 Å². The van der Waals surface area contributed by atoms with Crippen LogP contribution in [-0.4, -0.2) is 201 Å². The summed E-state index contributed by atoms with van der Waals surface area (Å²) < 4.78 is 58.0. The highest BCUT2D eigenvalue weighted by Crippen LogP contribution is 2.32. The first kappa shape index (κ1) is 117. The maximum atomic E-state index is 13.1. The third-order valence-electron chi connectivity index (χ3n) is 24.8. The fraction of sp³-hybridized carbons (Fsp3) is 0.404. The predicted octanol–water partition coefficient (Wildman–Crippen LogP) is 23.6. The number of imidazole rings is 5. The average molecular weight is 2070 g/mol. The van der Waals surface area contributed by atoms with Crippen molar-refractivity contribution in [2.24, 2.45) is 0 Å². The number of hydrogen-bond donors (Lipinski definition) is 2. The highest BCUT2D eigenvalue weighted by Gasteiger charge is 2.33. The zero-order valence-electron chi connectivity index (χ0n) is 88.3. The molecule has 3 aliphatic rings. The molecule has 0 bridgehead atoms. The maximum absolute atomic E-state index is 13.1. The molecule has 3 atom stereocenters. The number of ether oxygens (including phenoxy) is 2. The molecular formula is C114H143Cl3F3N19O8. The number of aromatic amines is 2. The largest absolute Gasteiger partial charge is 0.486 e. The van der Waals surface area contributed by atoms with E-state index in [1.165, 1.54) is 46.1 Å². The number of halogens is 6. The van der Waals surface area contributed by atoms with E-state index in [4.69, 9.17) is 49.5 Å². The number of H-pyrrole nitrogens is 2. The summed E-state index contributed by atoms with van der Waals surface area (Å²) in [5.41, 5.74) is 12.1. The molecule has 10 heterocycles. The Balaban J connectivity index is 0.000000187. The van der Waals surface area contributed by atoms with Crippen LogP contribution in [0, 0.1) is 24.1 Å². The van der Waals surface area contributed by atoms with Crippen molar-refractivity contribution in [2.45, 2.75) is 237 Å². The Kier molecular flexibility index (Phi) is 45.1. The number of rotatable bonds is 25. The number of nitrogens with one attached hydrogen (secondary N) is 2. The molecule has 6 aromatic carbocycles. The summed E-state index contributed by atoms with van der Waals surface area (Å²) in [4.78, 5) is 111. The number of hydrogen-bond acceptors (Lipinski definition) is 17. The number of amides is 3. The van der Waals surface area contributed by atoms with Crippen LogP contribution in [0.4, 0.5) is 13.2 Å². The molecule has 0 radical (unpaired) electrons. The molecular weight excluding hydrogens is 1930 g/mol. The Labute approximate surface area is 877 Å². The summed E-state index contributed by atoms with van der Waals surface area (Å²) in [6, 6.07) is 42.1. The van der Waals surface area contributed by atoms with E-state index in [2.05, 4.69) is 221 Å². The van der Waals surface area contributed by atoms with Crippen LogP contribution in [0.3, 0.4) is 0 Å². The average Bonchev–Trinajstić information content (AvgIpc) is 1.43. The molecule has 0 spiro atoms. The van der Waals surface area contributed by atoms with Crippen molar-refractivity contribution in [3.05, 3.63) is 343 Å². The molecule has 3 fully saturated rings. The van der Waals surface area contributed by atoms with Gasteiger partial charge in [0, 0.05) is 158 Å². The van der Waals surface area contributed by atoms with Gasteiger partial charge in [0.15, 0.2) is 0 Å². The van der Waals surface area contributed by atoms with E-state index in [0.29, 0.717) is 74.1 Å². The minimum Gasteiger partial charge on any atom is -0.486 e. The lowest BCUT2D eigenvalue weighted by Gasteiger charge is -2.44. The van der Waals surface area contributed by atoms with E-state index in [1.807, 2.05) is 124 Å². The van der Waals surface area contributed by atoms with Crippen molar-refractivity contribution >= 4 is 80.2 Å². The fourth-order valence-corrected chi connectivity index (χ4v) is 16.8. The van der Waals surface area contributed by atoms with Crippen molar-refractivity contribution in [2.75, 3.05) is 65.5 Å². The number of nitrogens with zero attached hydrogens (tertiary/aromatic N) is 17. The number of aromatic nitrogens is 12. The molecule has 784 valence electrons. The van der Waals surface area contributed by atoms with Gasteiger partial charge in [-0.05, 0) is 218 Å². The van der Waals surface area contributed by atoms with E-state index >= 15 is 0 Å². The Bertz CT molecular complexity index is 6630. The number of benzene rings is 6. The second-order valence-electron chi connectivity index (χ2n) is 39.4. The zero-order chi connectivity index (χ0) is 108. The van der Waals surface area contributed by atoms with Gasteiger partial charge in [-0.1, -0.05) is 190 Å². The van der Waals surface area contributed by atoms with Gasteiger partial charge in [-0.3, -0.25) is 48.0 Å². The highest BCUT2D eigenvalue weighted by molar-refractivity contribution is 6.33. The zero-order valence-corrected chi connectivity index (χ0v) is 90.6. The van der Waals surface area contributed by atoms with Crippen molar-refractivity contribution in [3.8, 4) is 23.3 Å². The van der Waals surface area contributed by atoms with Gasteiger partial charge in [-0.15, -0.1) is 0 Å². The van der Waals surface area contributed by atoms with Crippen LogP contribution in [0.5, 0.6) is 17.2 Å². The van der Waals surface area contributed by atoms with Gasteiger partial charge < -0.3 is 52.4 Å². The summed E-state index contributed by atoms with van der Waals surface area (Å²) >= 11 is 17.6. The van der Waals surface area contributed by atoms with Gasteiger partial charge in [0.05, 0.1) is 96.0 Å². The summed E-state index contributed by atoms with van der Waals surface area (Å²) in [5, 5.41) is 12.1. The van der Waals surface area contributed by atoms with E-state index < -0.39 is 13.0 Å². The maximum Gasteiger partial charge on any atom is 0.272 e. The first-order chi connectivity index (χ1) is 69.8. The van der Waals surface area contributed by atoms with Gasteiger partial charge >= 0.3 is 0 Å². The standard InChI is InChI=1S/C16H17FO.C16H26N4O.C15H24N4O.C14H14ClF2NO2.C14H22N4O.C13H13ClN2O.C13H15ClN2.C13H12N2O/c1-11(2)13-4-6-14(7-5-13)18-15-8-9-16(17)12(3)10-15;1-6-16(21)20-13(4)7-18(8-14(20)5)11-19-9-15(12(2)3)17-10-19;1-5-15(20)19-7-6-17(8-13(19)4)11-18-9-14(12(2)3)16-10-18;1-7(2)9-3-8-4-10(15)12(20-6-13(16)17)5-11(8)18-14(9)19;1-4-14(19)18-7-5-16(6-8-18)11-17-9-13(12(2)3)15-10-17;1-9(2)12-7-16(8-15-12)13(17)10-3-5-11(14)6-4-10;1-10(2)13-8-16(9-15-13)7-11-3-5-12(14)6-4-11;1-8(2)11-6-10-5-9(7-14)3-4-12(10)15-13(11)16/h4-11H,1-3H3;6,9-10,12-14H,1,7-8,11H2,2-5H3;5,9-10,12-13H,1,6-8,11H2,2-4H3;3-5,7,13H,6H2,1-2H3,(H,18,19);4,9-10,12H,1,5-8,11H2,2-3H3;3-9H,1-2H3;3-6,8-10H,7H2,1-2H3;3-6,8H,1-2H3,(H,15,16)/t;13-,14+;13-;;;;;/m..0...../s1. The van der Waals surface area contributed by atoms with Crippen molar-refractivity contribution < 1.29 is 41.8 Å². The number of piperazine rings is 3. The molecule has 27 nitrogen and oxygen atoms in total. The summed E-state index contributed by atoms with van der Waals surface area (Å²) in [5.74, 6) is 4.27. The van der Waals surface area contributed by atoms with Crippen LogP contribution in [-0.2, 0) is 40.9 Å². The number of fused-ring (bicyclic) bond motifs is 2. The molecule has 7 aromatic heterocycles. The van der Waals surface area contributed by atoms with Crippen molar-refractivity contribution in [1.29, 1.82) is 5.26 Å². The lowest BCUT2D eigenvalue weighted by atomic mass is 10.0. The number of carbonyl (C=O) groups is 4. The highest BCUT2D eigenvalue weighted by atomic mass is 35.5. The van der Waals surface area contributed by atoms with E-state index in [-0.39, 0.29) is 81.3 Å². The second kappa shape index (κ2) is 56.6. The number of carbonyl (C=O) groups excluding carboxylic acids is 4. The minimum atomic E-state index is -2.58. The summed E-state index contributed by atoms with van der Waals surface area (Å²) in [6.07, 6.45) is 20.9. The van der Waals surface area contributed by atoms with Crippen LogP contribution in [0.25, 0.3) is 21.8 Å². The van der Waals surface area contributed by atoms with E-state index in [1.54, 1.807) is 86.2 Å². The smallest absolute Gasteiger partial charge is 0.272 e. The molecule has 13 aromatic rings. The van der Waals surface area contributed by atoms with Gasteiger partial charge in [-0.25, -0.2) is 38.1 Å². The molecule has 0 saturated carbocycles. The van der Waals surface area contributed by atoms with Gasteiger partial charge in [0.1, 0.15) is 36.0 Å². The molecule has 147 heavy (non-hydrogen) atoms. The van der Waals surface area contributed by atoms with E-state index in [0.717, 1.165) is 147 Å². The molecule has 2 N–H and O–H groups in total. The molecule has 33 heteroatoms. The fourth-order valence-electron chi connectivity index (χ4n) is 16.3. The number of aryl methyl sites for hydroxylation is 1. The number of nitriles is 1. The summed E-state index contributed by atoms with van der Waals surface area (Å²) in [6.45, 7) is 62.3. The number of pyridine rings is 2. The Morgan fingerprint density at radius 3 is 1.39 bits per heavy atom. The van der Waals surface area contributed by atoms with Crippen molar-refractivity contribution in [3.63, 3.8) is 0 Å². The van der Waals surface area contributed by atoms with Crippen LogP contribution in [0.15, 0.2) is 244 Å². The third kappa shape index (κ3) is 35.8. The normalized spacial score (nSPS) is 14.8. The second-order valence-corrected chi connectivity index (χ2v) is 40.7. The summed E-state index contributed by atoms with van der Waals surface area (Å²) in [7, 11) is 0. The quantitative estimate of drug-likeness (QED) is 0.0503. The van der Waals surface area contributed by atoms with E-state index in [9.17, 15) is 41.9 Å². The van der Waals surface area contributed by atoms with Gasteiger partial charge in [0.25, 0.3) is 23.5 Å². The van der Waals surface area contributed by atoms with Crippen LogP contribution in [0.1, 0.15) is 251 Å². The Morgan fingerprint density at radius 1 is 0.476 bits per heavy atom. The lowest BCUT2D eigenvalue weighted by molar-refractivity contribution is -0.134. The molecule has 16 rings (SSSR count). The Morgan fingerprint density at radius 2 is 0.925 bits per heavy atom. The molecule has 3 aliphatic heterocycles. The molecule has 3 saturated heterocycles. The SMILES string of the molecule is C=CC(=O)N1CCN(Cn2cnc(C(C)C)c2)CC1.C=CC(=O)N1CCN(Cn2cnc(C(C)C)c2)C[C@@H]1C.C=CC(=O)N1[C@H](C)CN(Cn2cnc(C(C)C)c2)C[C@@H]1C.CC(C)c1cc2cc(C#N)ccc2[nH]c1=O.CC(C)c1cc2cc(Cl)c(OCC(F)F)cc2[nH]c1=O.CC(C)c1cn(C(=O)c2ccc(Cl)cc2)cn1.CC(C)c1cn(Cc2ccc(Cl)cc2)cn1.Cc1cc(Oc2ccc(C(C)C)cc2)ccc1F.